The van der Waals surface area contributed by atoms with Crippen molar-refractivity contribution in [1.29, 1.82) is 0 Å². The van der Waals surface area contributed by atoms with Crippen molar-refractivity contribution in [2.75, 3.05) is 0 Å². The lowest BCUT2D eigenvalue weighted by Crippen LogP contribution is -1.90. The summed E-state index contributed by atoms with van der Waals surface area (Å²) in [5, 5.41) is 13.8. The van der Waals surface area contributed by atoms with Crippen molar-refractivity contribution in [2.24, 2.45) is 0 Å². The summed E-state index contributed by atoms with van der Waals surface area (Å²) in [6.07, 6.45) is 19.0. The molecule has 7 rings (SSSR count). The van der Waals surface area contributed by atoms with Crippen LogP contribution in [-0.4, -0.2) is 50.3 Å². The number of hydrogen-bond acceptors (Lipinski definition) is 12. The third-order valence-corrected chi connectivity index (χ3v) is 9.04. The first kappa shape index (κ1) is 51.6. The normalized spacial score (nSPS) is 10.3. The number of rotatable bonds is 7. The van der Waals surface area contributed by atoms with E-state index in [0.29, 0.717) is 47.3 Å². The SMILES string of the molecule is CC(C)c1ccccn1.CC(C)c1ccncc1.CC(C)c1ccncn1.CC(C)c1cn[nH]c1.CC(C)c1cncs1.CC(C)c1cocn1.CC(C)c1nnco1. The maximum atomic E-state index is 4.87. The molecule has 0 amide bonds. The van der Waals surface area contributed by atoms with Gasteiger partial charge < -0.3 is 8.83 Å². The molecule has 0 atom stereocenters. The van der Waals surface area contributed by atoms with Gasteiger partial charge in [0.05, 0.1) is 17.4 Å². The van der Waals surface area contributed by atoms with Crippen LogP contribution in [0.2, 0.25) is 0 Å². The predicted octanol–water partition coefficient (Wildman–Crippen LogP) is 12.8. The van der Waals surface area contributed by atoms with Gasteiger partial charge in [-0.3, -0.25) is 20.1 Å². The summed E-state index contributed by atoms with van der Waals surface area (Å²) in [4.78, 5) is 25.3. The van der Waals surface area contributed by atoms with Crippen LogP contribution in [0.25, 0.3) is 0 Å². The number of thiazole rings is 1. The molecule has 0 saturated heterocycles. The Morgan fingerprint density at radius 1 is 0.542 bits per heavy atom. The molecule has 0 bridgehead atoms. The van der Waals surface area contributed by atoms with Crippen molar-refractivity contribution in [3.05, 3.63) is 150 Å². The zero-order valence-corrected chi connectivity index (χ0v) is 38.5. The van der Waals surface area contributed by atoms with Crippen LogP contribution in [-0.2, 0) is 0 Å². The molecule has 12 nitrogen and oxygen atoms in total. The molecule has 0 saturated carbocycles. The number of aromatic amines is 1. The fraction of sp³-hybridized carbons (Fsp3) is 0.457. The number of pyridine rings is 2. The molecule has 0 spiro atoms. The summed E-state index contributed by atoms with van der Waals surface area (Å²) in [6, 6.07) is 12.0. The second-order valence-electron chi connectivity index (χ2n) is 15.4. The quantitative estimate of drug-likeness (QED) is 0.163. The zero-order valence-electron chi connectivity index (χ0n) is 37.7. The number of hydrogen-bond donors (Lipinski definition) is 1. The highest BCUT2D eigenvalue weighted by molar-refractivity contribution is 7.09. The van der Waals surface area contributed by atoms with E-state index in [0.717, 1.165) is 17.1 Å². The predicted molar refractivity (Wildman–Crippen MR) is 241 cm³/mol. The Bertz CT molecular complexity index is 1620. The molecule has 7 heterocycles. The maximum absolute atomic E-state index is 4.87. The highest BCUT2D eigenvalue weighted by Gasteiger charge is 2.02. The first-order valence-electron chi connectivity index (χ1n) is 20.2. The third-order valence-electron chi connectivity index (χ3n) is 7.97. The molecule has 320 valence electrons. The number of nitrogens with one attached hydrogen (secondary N) is 1. The second-order valence-corrected chi connectivity index (χ2v) is 16.3. The summed E-state index contributed by atoms with van der Waals surface area (Å²) < 4.78 is 9.64. The Kier molecular flexibility index (Phi) is 26.8. The van der Waals surface area contributed by atoms with Crippen LogP contribution < -0.4 is 0 Å². The van der Waals surface area contributed by atoms with E-state index < -0.39 is 0 Å². The Balaban J connectivity index is 0.000000344. The molecular formula is C46H68N10O2S. The van der Waals surface area contributed by atoms with Gasteiger partial charge in [-0.1, -0.05) is 103 Å². The van der Waals surface area contributed by atoms with Gasteiger partial charge in [0.15, 0.2) is 6.39 Å². The largest absolute Gasteiger partial charge is 0.451 e. The minimum absolute atomic E-state index is 0.345. The van der Waals surface area contributed by atoms with E-state index >= 15 is 0 Å². The fourth-order valence-electron chi connectivity index (χ4n) is 4.14. The molecule has 59 heavy (non-hydrogen) atoms. The maximum Gasteiger partial charge on any atom is 0.218 e. The van der Waals surface area contributed by atoms with Gasteiger partial charge in [0.25, 0.3) is 0 Å². The van der Waals surface area contributed by atoms with Gasteiger partial charge in [-0.15, -0.1) is 21.5 Å². The van der Waals surface area contributed by atoms with Crippen molar-refractivity contribution in [2.45, 2.75) is 138 Å². The van der Waals surface area contributed by atoms with E-state index in [2.05, 4.69) is 133 Å². The van der Waals surface area contributed by atoms with Gasteiger partial charge in [0, 0.05) is 59.4 Å². The van der Waals surface area contributed by atoms with Crippen LogP contribution >= 0.6 is 11.3 Å². The topological polar surface area (TPSA) is 158 Å². The van der Waals surface area contributed by atoms with Crippen molar-refractivity contribution >= 4 is 11.3 Å². The Labute approximate surface area is 357 Å². The number of H-pyrrole nitrogens is 1. The van der Waals surface area contributed by atoms with Gasteiger partial charge in [-0.05, 0) is 77.0 Å². The zero-order chi connectivity index (χ0) is 44.0. The minimum Gasteiger partial charge on any atom is -0.451 e. The highest BCUT2D eigenvalue weighted by atomic mass is 32.1. The minimum atomic E-state index is 0.345. The van der Waals surface area contributed by atoms with Gasteiger partial charge in [-0.25, -0.2) is 15.0 Å². The smallest absolute Gasteiger partial charge is 0.218 e. The van der Waals surface area contributed by atoms with E-state index in [-0.39, 0.29) is 0 Å². The Hall–Kier alpha value is -5.43. The van der Waals surface area contributed by atoms with Crippen LogP contribution in [0, 0.1) is 0 Å². The van der Waals surface area contributed by atoms with Crippen LogP contribution in [0.4, 0.5) is 0 Å². The second kappa shape index (κ2) is 30.6. The van der Waals surface area contributed by atoms with Gasteiger partial charge in [0.1, 0.15) is 12.6 Å². The van der Waals surface area contributed by atoms with Crippen LogP contribution in [0.1, 0.15) is 177 Å². The lowest BCUT2D eigenvalue weighted by atomic mass is 10.1. The van der Waals surface area contributed by atoms with E-state index in [1.165, 1.54) is 28.8 Å². The van der Waals surface area contributed by atoms with E-state index in [9.17, 15) is 0 Å². The summed E-state index contributed by atoms with van der Waals surface area (Å²) in [5.74, 6) is 4.43. The first-order valence-corrected chi connectivity index (χ1v) is 21.1. The van der Waals surface area contributed by atoms with Crippen LogP contribution in [0.15, 0.2) is 119 Å². The Morgan fingerprint density at radius 2 is 1.19 bits per heavy atom. The lowest BCUT2D eigenvalue weighted by molar-refractivity contribution is 0.470. The van der Waals surface area contributed by atoms with Crippen LogP contribution in [0.5, 0.6) is 0 Å². The standard InChI is InChI=1S/2C8H11N.C7H10N2.C6H10N2.C6H9NO.C6H9NS.C5H8N2O/c1-7(2)8-3-5-9-6-4-8;1-7(2)8-5-3-4-6-9-8;1-6(2)7-3-4-8-5-9-7;1-5(2)6-3-7-8-4-6;1-5(2)6-3-8-4-7-6;1-5(2)6-3-7-4-8-6;1-4(2)5-7-6-3-8-5/h2*3-7H,1-2H3;3-6H,1-2H3;3-5H,1-2H3,(H,7,8);2*3-5H,1-2H3;3-4H,1-2H3. The lowest BCUT2D eigenvalue weighted by Gasteiger charge is -2.01. The molecule has 0 fully saturated rings. The molecule has 0 aliphatic heterocycles. The molecule has 0 aliphatic rings. The molecule has 0 unspecified atom stereocenters. The summed E-state index contributed by atoms with van der Waals surface area (Å²) in [7, 11) is 0. The fourth-order valence-corrected chi connectivity index (χ4v) is 4.77. The molecule has 0 aliphatic carbocycles. The average Bonchev–Trinajstić information content (AvgIpc) is 4.09. The van der Waals surface area contributed by atoms with Crippen molar-refractivity contribution in [1.82, 2.24) is 50.3 Å². The molecule has 13 heteroatoms. The van der Waals surface area contributed by atoms with E-state index in [1.807, 2.05) is 92.9 Å². The van der Waals surface area contributed by atoms with Crippen LogP contribution in [0.3, 0.4) is 0 Å². The van der Waals surface area contributed by atoms with Gasteiger partial charge in [-0.2, -0.15) is 5.10 Å². The summed E-state index contributed by atoms with van der Waals surface area (Å²) >= 11 is 1.72. The first-order chi connectivity index (χ1) is 28.1. The molecule has 7 aromatic heterocycles. The van der Waals surface area contributed by atoms with Crippen molar-refractivity contribution in [3.8, 4) is 0 Å². The number of oxazole rings is 1. The molecular weight excluding hydrogens is 757 g/mol. The van der Waals surface area contributed by atoms with E-state index in [1.54, 1.807) is 30.1 Å². The van der Waals surface area contributed by atoms with Crippen molar-refractivity contribution in [3.63, 3.8) is 0 Å². The number of nitrogens with zero attached hydrogens (tertiary/aromatic N) is 9. The number of aromatic nitrogens is 10. The molecule has 1 N–H and O–H groups in total. The molecule has 0 radical (unpaired) electrons. The summed E-state index contributed by atoms with van der Waals surface area (Å²) in [6.45, 7) is 29.7. The monoisotopic (exact) mass is 825 g/mol. The van der Waals surface area contributed by atoms with Gasteiger partial charge in [0.2, 0.25) is 12.3 Å². The Morgan fingerprint density at radius 3 is 1.47 bits per heavy atom. The average molecular weight is 825 g/mol. The van der Waals surface area contributed by atoms with Crippen molar-refractivity contribution < 1.29 is 8.83 Å². The third kappa shape index (κ3) is 24.2. The molecule has 0 aromatic carbocycles. The summed E-state index contributed by atoms with van der Waals surface area (Å²) in [5.41, 5.74) is 7.78. The van der Waals surface area contributed by atoms with E-state index in [4.69, 9.17) is 8.83 Å². The molecule has 7 aromatic rings. The highest BCUT2D eigenvalue weighted by Crippen LogP contribution is 2.17. The van der Waals surface area contributed by atoms with Gasteiger partial charge >= 0.3 is 0 Å².